The summed E-state index contributed by atoms with van der Waals surface area (Å²) in [7, 11) is 0. The summed E-state index contributed by atoms with van der Waals surface area (Å²) >= 11 is 5.67. The first-order chi connectivity index (χ1) is 23.4. The van der Waals surface area contributed by atoms with Crippen molar-refractivity contribution in [1.82, 2.24) is 29.3 Å². The van der Waals surface area contributed by atoms with Crippen LogP contribution >= 0.6 is 11.6 Å². The van der Waals surface area contributed by atoms with E-state index in [1.165, 1.54) is 43.0 Å². The number of ether oxygens (including phenoxy) is 1. The highest BCUT2D eigenvalue weighted by Crippen LogP contribution is 2.32. The van der Waals surface area contributed by atoms with Crippen molar-refractivity contribution in [3.05, 3.63) is 120 Å². The van der Waals surface area contributed by atoms with E-state index in [0.717, 1.165) is 24.3 Å². The smallest absolute Gasteiger partial charge is 0.475 e. The van der Waals surface area contributed by atoms with Gasteiger partial charge in [0.05, 0.1) is 22.5 Å². The van der Waals surface area contributed by atoms with Crippen molar-refractivity contribution >= 4 is 23.2 Å². The lowest BCUT2D eigenvalue weighted by Gasteiger charge is -2.09. The molecule has 0 fully saturated rings. The number of imidazole rings is 1. The average molecular weight is 729 g/mol. The summed E-state index contributed by atoms with van der Waals surface area (Å²) in [6.45, 7) is 0. The first kappa shape index (κ1) is 37.0. The standard InChI is InChI=1S/C18H11F3N4O.C11H6ClF3N2.C2HF3O2/c19-18(20,21)13-5-3-12(4-6-13)14-10-16(24-11-23-14)26-15-2-1-8-25-9-7-22-17(15)25;12-10-5-9(16-6-17-10)7-1-3-8(4-2-7)11(13,14)15;3-2(4,5)1(6)7/h1-11H;1-6H;(H,6,7). The first-order valence-electron chi connectivity index (χ1n) is 13.5. The predicted octanol–water partition coefficient (Wildman–Crippen LogP) is 9.05. The molecule has 0 atom stereocenters. The van der Waals surface area contributed by atoms with Crippen LogP contribution in [-0.4, -0.2) is 46.6 Å². The normalized spacial score (nSPS) is 11.6. The molecule has 2 aromatic carbocycles. The van der Waals surface area contributed by atoms with E-state index in [1.54, 1.807) is 28.9 Å². The van der Waals surface area contributed by atoms with Gasteiger partial charge in [-0.3, -0.25) is 0 Å². The van der Waals surface area contributed by atoms with E-state index < -0.39 is 35.6 Å². The van der Waals surface area contributed by atoms with Crippen LogP contribution in [-0.2, 0) is 17.1 Å². The fraction of sp³-hybridized carbons (Fsp3) is 0.0968. The SMILES string of the molecule is FC(F)(F)c1ccc(-c2cc(Cl)ncn2)cc1.FC(F)(F)c1ccc(-c2cc(Oc3cccn4ccnc34)ncn2)cc1.O=C(O)C(F)(F)F. The van der Waals surface area contributed by atoms with Gasteiger partial charge in [-0.15, -0.1) is 0 Å². The highest BCUT2D eigenvalue weighted by atomic mass is 35.5. The molecule has 6 aromatic rings. The Hall–Kier alpha value is -5.78. The second-order valence-corrected chi connectivity index (χ2v) is 9.94. The molecule has 0 saturated carbocycles. The lowest BCUT2D eigenvalue weighted by molar-refractivity contribution is -0.192. The molecule has 1 N–H and O–H groups in total. The Balaban J connectivity index is 0.000000201. The molecule has 6 rings (SSSR count). The zero-order valence-corrected chi connectivity index (χ0v) is 25.3. The molecule has 0 radical (unpaired) electrons. The third kappa shape index (κ3) is 10.1. The summed E-state index contributed by atoms with van der Waals surface area (Å²) in [4.78, 5) is 28.9. The van der Waals surface area contributed by atoms with Crippen molar-refractivity contribution in [3.8, 4) is 34.1 Å². The monoisotopic (exact) mass is 728 g/mol. The first-order valence-corrected chi connectivity index (χ1v) is 13.8. The Morgan fingerprint density at radius 3 is 1.66 bits per heavy atom. The molecule has 9 nitrogen and oxygen atoms in total. The summed E-state index contributed by atoms with van der Waals surface area (Å²) in [6, 6.07) is 16.1. The Morgan fingerprint density at radius 2 is 1.18 bits per heavy atom. The number of halogens is 10. The quantitative estimate of drug-likeness (QED) is 0.141. The summed E-state index contributed by atoms with van der Waals surface area (Å²) in [5.41, 5.74) is 1.26. The van der Waals surface area contributed by atoms with Gasteiger partial charge in [-0.1, -0.05) is 35.9 Å². The lowest BCUT2D eigenvalue weighted by atomic mass is 10.1. The number of pyridine rings is 1. The van der Waals surface area contributed by atoms with Gasteiger partial charge < -0.3 is 14.2 Å². The minimum absolute atomic E-state index is 0.245. The van der Waals surface area contributed by atoms with Gasteiger partial charge >= 0.3 is 24.5 Å². The number of aliphatic carboxylic acids is 1. The number of carboxylic acids is 1. The van der Waals surface area contributed by atoms with Gasteiger partial charge in [-0.2, -0.15) is 39.5 Å². The highest BCUT2D eigenvalue weighted by Gasteiger charge is 2.38. The van der Waals surface area contributed by atoms with Crippen LogP contribution in [0.3, 0.4) is 0 Å². The highest BCUT2D eigenvalue weighted by molar-refractivity contribution is 6.29. The van der Waals surface area contributed by atoms with Crippen LogP contribution < -0.4 is 4.74 Å². The van der Waals surface area contributed by atoms with Crippen LogP contribution in [0.1, 0.15) is 11.1 Å². The predicted molar refractivity (Wildman–Crippen MR) is 159 cm³/mol. The maximum Gasteiger partial charge on any atom is 0.490 e. The molecular weight excluding hydrogens is 711 g/mol. The molecule has 0 unspecified atom stereocenters. The molecule has 0 aliphatic carbocycles. The Kier molecular flexibility index (Phi) is 11.3. The zero-order chi connectivity index (χ0) is 36.7. The third-order valence-corrected chi connectivity index (χ3v) is 6.34. The second-order valence-electron chi connectivity index (χ2n) is 9.55. The number of carbonyl (C=O) groups is 1. The van der Waals surface area contributed by atoms with Crippen molar-refractivity contribution < 1.29 is 54.2 Å². The van der Waals surface area contributed by atoms with Gasteiger partial charge in [0.1, 0.15) is 17.8 Å². The van der Waals surface area contributed by atoms with Crippen LogP contribution in [0, 0.1) is 0 Å². The summed E-state index contributed by atoms with van der Waals surface area (Å²) in [6.07, 6.45) is -5.96. The maximum absolute atomic E-state index is 12.7. The Bertz CT molecular complexity index is 2050. The molecule has 0 aliphatic rings. The second kappa shape index (κ2) is 15.2. The van der Waals surface area contributed by atoms with Crippen molar-refractivity contribution in [1.29, 1.82) is 0 Å². The summed E-state index contributed by atoms with van der Waals surface area (Å²) in [5, 5.41) is 7.37. The van der Waals surface area contributed by atoms with Crippen molar-refractivity contribution in [3.63, 3.8) is 0 Å². The third-order valence-electron chi connectivity index (χ3n) is 6.13. The van der Waals surface area contributed by atoms with Gasteiger partial charge in [-0.25, -0.2) is 29.7 Å². The van der Waals surface area contributed by atoms with E-state index in [2.05, 4.69) is 24.9 Å². The topological polar surface area (TPSA) is 115 Å². The van der Waals surface area contributed by atoms with Crippen LogP contribution in [0.2, 0.25) is 5.15 Å². The summed E-state index contributed by atoms with van der Waals surface area (Å²) in [5.74, 6) is -1.98. The van der Waals surface area contributed by atoms with Gasteiger partial charge in [0, 0.05) is 41.9 Å². The van der Waals surface area contributed by atoms with E-state index in [0.29, 0.717) is 33.9 Å². The number of rotatable bonds is 4. The van der Waals surface area contributed by atoms with Crippen LogP contribution in [0.25, 0.3) is 28.2 Å². The van der Waals surface area contributed by atoms with E-state index >= 15 is 0 Å². The van der Waals surface area contributed by atoms with E-state index in [-0.39, 0.29) is 11.0 Å². The molecule has 50 heavy (non-hydrogen) atoms. The molecule has 0 bridgehead atoms. The minimum Gasteiger partial charge on any atom is -0.475 e. The van der Waals surface area contributed by atoms with E-state index in [9.17, 15) is 39.5 Å². The van der Waals surface area contributed by atoms with Crippen LogP contribution in [0.15, 0.2) is 104 Å². The number of alkyl halides is 9. The fourth-order valence-electron chi connectivity index (χ4n) is 3.82. The number of fused-ring (bicyclic) bond motifs is 1. The molecular formula is C31H18ClF9N6O3. The molecule has 0 aliphatic heterocycles. The molecule has 260 valence electrons. The largest absolute Gasteiger partial charge is 0.490 e. The molecule has 4 aromatic heterocycles. The molecule has 0 amide bonds. The number of aromatic nitrogens is 6. The van der Waals surface area contributed by atoms with Gasteiger partial charge in [-0.05, 0) is 36.4 Å². The minimum atomic E-state index is -5.08. The van der Waals surface area contributed by atoms with Crippen molar-refractivity contribution in [2.45, 2.75) is 18.5 Å². The Labute approximate surface area is 279 Å². The Morgan fingerprint density at radius 1 is 0.680 bits per heavy atom. The number of nitrogens with zero attached hydrogens (tertiary/aromatic N) is 6. The van der Waals surface area contributed by atoms with E-state index in [4.69, 9.17) is 26.2 Å². The van der Waals surface area contributed by atoms with Gasteiger partial charge in [0.15, 0.2) is 11.4 Å². The molecule has 4 heterocycles. The molecule has 19 heteroatoms. The van der Waals surface area contributed by atoms with E-state index in [1.807, 2.05) is 12.3 Å². The zero-order valence-electron chi connectivity index (χ0n) is 24.5. The van der Waals surface area contributed by atoms with Crippen LogP contribution in [0.5, 0.6) is 11.6 Å². The van der Waals surface area contributed by atoms with Crippen LogP contribution in [0.4, 0.5) is 39.5 Å². The summed E-state index contributed by atoms with van der Waals surface area (Å²) < 4.78 is 114. The van der Waals surface area contributed by atoms with Crippen molar-refractivity contribution in [2.24, 2.45) is 0 Å². The fourth-order valence-corrected chi connectivity index (χ4v) is 3.97. The molecule has 0 spiro atoms. The number of benzene rings is 2. The maximum atomic E-state index is 12.7. The molecule has 0 saturated heterocycles. The number of hydrogen-bond acceptors (Lipinski definition) is 7. The van der Waals surface area contributed by atoms with Gasteiger partial charge in [0.25, 0.3) is 0 Å². The van der Waals surface area contributed by atoms with Crippen molar-refractivity contribution in [2.75, 3.05) is 0 Å². The number of hydrogen-bond donors (Lipinski definition) is 1. The number of carboxylic acid groups (broad SMARTS) is 1. The lowest BCUT2D eigenvalue weighted by Crippen LogP contribution is -2.21. The van der Waals surface area contributed by atoms with Gasteiger partial charge in [0.2, 0.25) is 5.88 Å². The average Bonchev–Trinajstić information content (AvgIpc) is 3.55.